The highest BCUT2D eigenvalue weighted by Crippen LogP contribution is 2.32. The fourth-order valence-corrected chi connectivity index (χ4v) is 2.42. The SMILES string of the molecule is Cc1cccc2c(C3=C(Cl)C(=O)NC3=O)c[nH]c12. The highest BCUT2D eigenvalue weighted by atomic mass is 35.5. The highest BCUT2D eigenvalue weighted by Gasteiger charge is 2.31. The second-order valence-electron chi connectivity index (χ2n) is 4.17. The van der Waals surface area contributed by atoms with Gasteiger partial charge in [-0.2, -0.15) is 0 Å². The van der Waals surface area contributed by atoms with Gasteiger partial charge >= 0.3 is 0 Å². The van der Waals surface area contributed by atoms with Crippen molar-refractivity contribution in [2.75, 3.05) is 0 Å². The maximum Gasteiger partial charge on any atom is 0.270 e. The topological polar surface area (TPSA) is 62.0 Å². The number of hydrogen-bond donors (Lipinski definition) is 2. The molecule has 0 fully saturated rings. The first-order valence-corrected chi connectivity index (χ1v) is 5.80. The minimum absolute atomic E-state index is 0.0533. The van der Waals surface area contributed by atoms with Gasteiger partial charge in [0.2, 0.25) is 0 Å². The maximum atomic E-state index is 11.7. The van der Waals surface area contributed by atoms with E-state index in [1.807, 2.05) is 25.1 Å². The zero-order valence-corrected chi connectivity index (χ0v) is 10.3. The molecular weight excluding hydrogens is 252 g/mol. The number of aromatic nitrogens is 1. The lowest BCUT2D eigenvalue weighted by Crippen LogP contribution is -2.22. The van der Waals surface area contributed by atoms with Crippen molar-refractivity contribution in [2.45, 2.75) is 6.92 Å². The van der Waals surface area contributed by atoms with Gasteiger partial charge in [-0.15, -0.1) is 0 Å². The van der Waals surface area contributed by atoms with Gasteiger partial charge in [-0.1, -0.05) is 29.8 Å². The summed E-state index contributed by atoms with van der Waals surface area (Å²) in [6.07, 6.45) is 1.70. The van der Waals surface area contributed by atoms with E-state index in [1.54, 1.807) is 6.20 Å². The van der Waals surface area contributed by atoms with Crippen LogP contribution in [-0.2, 0) is 9.59 Å². The highest BCUT2D eigenvalue weighted by molar-refractivity contribution is 6.55. The Balaban J connectivity index is 2.31. The molecule has 4 nitrogen and oxygen atoms in total. The van der Waals surface area contributed by atoms with Crippen LogP contribution in [0.25, 0.3) is 16.5 Å². The van der Waals surface area contributed by atoms with E-state index in [0.29, 0.717) is 5.56 Å². The molecule has 0 radical (unpaired) electrons. The van der Waals surface area contributed by atoms with Crippen molar-refractivity contribution in [1.29, 1.82) is 0 Å². The number of nitrogens with one attached hydrogen (secondary N) is 2. The molecule has 0 saturated heterocycles. The van der Waals surface area contributed by atoms with Crippen LogP contribution in [0.4, 0.5) is 0 Å². The third-order valence-corrected chi connectivity index (χ3v) is 3.43. The lowest BCUT2D eigenvalue weighted by molar-refractivity contribution is -0.123. The summed E-state index contributed by atoms with van der Waals surface area (Å²) >= 11 is 5.89. The number of imide groups is 1. The average molecular weight is 261 g/mol. The summed E-state index contributed by atoms with van der Waals surface area (Å²) in [4.78, 5) is 26.2. The molecule has 1 aliphatic heterocycles. The molecule has 2 aromatic rings. The van der Waals surface area contributed by atoms with Crippen LogP contribution in [0.15, 0.2) is 29.4 Å². The van der Waals surface area contributed by atoms with Gasteiger partial charge in [0.25, 0.3) is 11.8 Å². The number of para-hydroxylation sites is 1. The summed E-state index contributed by atoms with van der Waals surface area (Å²) in [5.74, 6) is -0.994. The number of benzene rings is 1. The van der Waals surface area contributed by atoms with Gasteiger partial charge in [0.1, 0.15) is 5.03 Å². The van der Waals surface area contributed by atoms with E-state index in [9.17, 15) is 9.59 Å². The standard InChI is InChI=1S/C13H9ClN2O2/c1-6-3-2-4-7-8(5-15-11(6)7)9-10(14)13(18)16-12(9)17/h2-5,15H,1H3,(H,16,17,18). The van der Waals surface area contributed by atoms with Crippen LogP contribution in [0.1, 0.15) is 11.1 Å². The van der Waals surface area contributed by atoms with Gasteiger partial charge in [0.05, 0.1) is 5.57 Å². The van der Waals surface area contributed by atoms with E-state index in [0.717, 1.165) is 16.5 Å². The molecule has 2 N–H and O–H groups in total. The molecule has 1 aliphatic rings. The summed E-state index contributed by atoms with van der Waals surface area (Å²) in [5, 5.41) is 3.02. The fourth-order valence-electron chi connectivity index (χ4n) is 2.19. The van der Waals surface area contributed by atoms with Crippen LogP contribution in [0.5, 0.6) is 0 Å². The number of rotatable bonds is 1. The van der Waals surface area contributed by atoms with E-state index >= 15 is 0 Å². The molecule has 3 rings (SSSR count). The second-order valence-corrected chi connectivity index (χ2v) is 4.55. The molecule has 0 atom stereocenters. The monoisotopic (exact) mass is 260 g/mol. The van der Waals surface area contributed by atoms with Crippen LogP contribution in [0, 0.1) is 6.92 Å². The van der Waals surface area contributed by atoms with Gasteiger partial charge in [0, 0.05) is 22.7 Å². The van der Waals surface area contributed by atoms with Gasteiger partial charge < -0.3 is 4.98 Å². The predicted octanol–water partition coefficient (Wildman–Crippen LogP) is 2.08. The second kappa shape index (κ2) is 3.71. The number of H-pyrrole nitrogens is 1. The van der Waals surface area contributed by atoms with Crippen molar-refractivity contribution in [3.8, 4) is 0 Å². The van der Waals surface area contributed by atoms with E-state index < -0.39 is 11.8 Å². The molecule has 1 aromatic heterocycles. The van der Waals surface area contributed by atoms with Gasteiger partial charge in [-0.3, -0.25) is 14.9 Å². The Kier molecular flexibility index (Phi) is 2.28. The Morgan fingerprint density at radius 2 is 1.94 bits per heavy atom. The Morgan fingerprint density at radius 3 is 2.61 bits per heavy atom. The third-order valence-electron chi connectivity index (χ3n) is 3.07. The summed E-state index contributed by atoms with van der Waals surface area (Å²) in [5.41, 5.74) is 2.90. The Labute approximate surface area is 108 Å². The number of carbonyl (C=O) groups is 2. The molecule has 18 heavy (non-hydrogen) atoms. The summed E-state index contributed by atoms with van der Waals surface area (Å²) in [6.45, 7) is 1.97. The van der Waals surface area contributed by atoms with Crippen molar-refractivity contribution in [3.63, 3.8) is 0 Å². The molecule has 0 spiro atoms. The number of aromatic amines is 1. The molecule has 1 aromatic carbocycles. The number of halogens is 1. The zero-order chi connectivity index (χ0) is 12.9. The van der Waals surface area contributed by atoms with Crippen LogP contribution < -0.4 is 5.32 Å². The normalized spacial score (nSPS) is 15.7. The zero-order valence-electron chi connectivity index (χ0n) is 9.50. The lowest BCUT2D eigenvalue weighted by atomic mass is 10.0. The molecule has 0 unspecified atom stereocenters. The predicted molar refractivity (Wildman–Crippen MR) is 69.0 cm³/mol. The molecular formula is C13H9ClN2O2. The average Bonchev–Trinajstić information content (AvgIpc) is 2.84. The minimum atomic E-state index is -0.543. The van der Waals surface area contributed by atoms with Crippen molar-refractivity contribution in [1.82, 2.24) is 10.3 Å². The number of amides is 2. The Morgan fingerprint density at radius 1 is 1.17 bits per heavy atom. The summed E-state index contributed by atoms with van der Waals surface area (Å²) < 4.78 is 0. The molecule has 5 heteroatoms. The molecule has 2 amide bonds. The van der Waals surface area contributed by atoms with Crippen LogP contribution in [0.2, 0.25) is 0 Å². The van der Waals surface area contributed by atoms with Crippen LogP contribution >= 0.6 is 11.6 Å². The van der Waals surface area contributed by atoms with E-state index in [-0.39, 0.29) is 10.6 Å². The van der Waals surface area contributed by atoms with Gasteiger partial charge in [-0.25, -0.2) is 0 Å². The molecule has 0 saturated carbocycles. The largest absolute Gasteiger partial charge is 0.360 e. The first-order chi connectivity index (χ1) is 8.59. The first-order valence-electron chi connectivity index (χ1n) is 5.42. The van der Waals surface area contributed by atoms with Crippen LogP contribution in [0.3, 0.4) is 0 Å². The van der Waals surface area contributed by atoms with E-state index in [4.69, 9.17) is 11.6 Å². The number of hydrogen-bond acceptors (Lipinski definition) is 2. The minimum Gasteiger partial charge on any atom is -0.360 e. The maximum absolute atomic E-state index is 11.7. The first kappa shape index (κ1) is 11.0. The van der Waals surface area contributed by atoms with Gasteiger partial charge in [0.15, 0.2) is 0 Å². The van der Waals surface area contributed by atoms with E-state index in [1.165, 1.54) is 0 Å². The number of aryl methyl sites for hydroxylation is 1. The van der Waals surface area contributed by atoms with Crippen molar-refractivity contribution in [2.24, 2.45) is 0 Å². The molecule has 0 aliphatic carbocycles. The van der Waals surface area contributed by atoms with Gasteiger partial charge in [-0.05, 0) is 12.5 Å². The van der Waals surface area contributed by atoms with Crippen molar-refractivity contribution >= 4 is 39.9 Å². The van der Waals surface area contributed by atoms with E-state index in [2.05, 4.69) is 10.3 Å². The Bertz CT molecular complexity index is 728. The molecule has 90 valence electrons. The number of fused-ring (bicyclic) bond motifs is 1. The molecule has 0 bridgehead atoms. The smallest absolute Gasteiger partial charge is 0.270 e. The third kappa shape index (κ3) is 1.39. The number of carbonyl (C=O) groups excluding carboxylic acids is 2. The Hall–Kier alpha value is -2.07. The molecule has 2 heterocycles. The van der Waals surface area contributed by atoms with Crippen molar-refractivity contribution < 1.29 is 9.59 Å². The van der Waals surface area contributed by atoms with Crippen molar-refractivity contribution in [3.05, 3.63) is 40.6 Å². The van der Waals surface area contributed by atoms with Crippen LogP contribution in [-0.4, -0.2) is 16.8 Å². The quantitative estimate of drug-likeness (QED) is 0.771. The summed E-state index contributed by atoms with van der Waals surface area (Å²) in [7, 11) is 0. The fraction of sp³-hybridized carbons (Fsp3) is 0.0769. The summed E-state index contributed by atoms with van der Waals surface area (Å²) in [6, 6.07) is 5.76. The lowest BCUT2D eigenvalue weighted by Gasteiger charge is -1.99.